The molecule has 0 aliphatic heterocycles. The van der Waals surface area contributed by atoms with Crippen LogP contribution in [-0.4, -0.2) is 25.8 Å². The third-order valence-corrected chi connectivity index (χ3v) is 2.64. The van der Waals surface area contributed by atoms with Crippen LogP contribution < -0.4 is 5.32 Å². The van der Waals surface area contributed by atoms with Crippen molar-refractivity contribution in [1.82, 2.24) is 5.32 Å². The second-order valence-electron chi connectivity index (χ2n) is 4.66. The van der Waals surface area contributed by atoms with Crippen LogP contribution >= 0.6 is 0 Å². The molecular weight excluding hydrogens is 174 g/mol. The summed E-state index contributed by atoms with van der Waals surface area (Å²) in [5, 5.41) is 3.41. The molecule has 0 bridgehead atoms. The molecule has 0 aromatic carbocycles. The van der Waals surface area contributed by atoms with Crippen LogP contribution in [0.3, 0.4) is 0 Å². The smallest absolute Gasteiger partial charge is 0.0468 e. The first-order valence-electron chi connectivity index (χ1n) is 6.10. The fraction of sp³-hybridized carbons (Fsp3) is 1.00. The van der Waals surface area contributed by atoms with Crippen molar-refractivity contribution in [3.63, 3.8) is 0 Å². The molecule has 0 heterocycles. The largest absolute Gasteiger partial charge is 0.381 e. The van der Waals surface area contributed by atoms with Crippen LogP contribution in [0.2, 0.25) is 0 Å². The maximum atomic E-state index is 5.56. The molecule has 0 radical (unpaired) electrons. The summed E-state index contributed by atoms with van der Waals surface area (Å²) in [5.41, 5.74) is 0. The lowest BCUT2D eigenvalue weighted by atomic mass is 10.3. The number of hydrogen-bond acceptors (Lipinski definition) is 2. The Morgan fingerprint density at radius 1 is 1.21 bits per heavy atom. The zero-order chi connectivity index (χ0) is 10.2. The summed E-state index contributed by atoms with van der Waals surface area (Å²) in [6.07, 6.45) is 6.62. The van der Waals surface area contributed by atoms with Gasteiger partial charge in [-0.3, -0.25) is 0 Å². The van der Waals surface area contributed by atoms with E-state index in [2.05, 4.69) is 19.2 Å². The highest BCUT2D eigenvalue weighted by Gasteiger charge is 2.20. The molecular formula is C12H25NO. The van der Waals surface area contributed by atoms with Gasteiger partial charge in [-0.2, -0.15) is 0 Å². The molecule has 14 heavy (non-hydrogen) atoms. The third-order valence-electron chi connectivity index (χ3n) is 2.64. The average molecular weight is 199 g/mol. The van der Waals surface area contributed by atoms with Crippen molar-refractivity contribution in [2.24, 2.45) is 5.92 Å². The standard InChI is InChI=1S/C12H25NO/c1-11(2)13-8-3-4-9-14-10-7-12-5-6-12/h11-13H,3-10H2,1-2H3. The quantitative estimate of drug-likeness (QED) is 0.576. The predicted molar refractivity (Wildman–Crippen MR) is 60.5 cm³/mol. The zero-order valence-electron chi connectivity index (χ0n) is 9.72. The van der Waals surface area contributed by atoms with Gasteiger partial charge in [0.25, 0.3) is 0 Å². The van der Waals surface area contributed by atoms with Crippen LogP contribution in [0.5, 0.6) is 0 Å². The molecule has 1 fully saturated rings. The molecule has 1 N–H and O–H groups in total. The van der Waals surface area contributed by atoms with Crippen LogP contribution in [0.1, 0.15) is 46.0 Å². The van der Waals surface area contributed by atoms with Gasteiger partial charge in [0.05, 0.1) is 0 Å². The molecule has 84 valence electrons. The Bertz CT molecular complexity index is 124. The topological polar surface area (TPSA) is 21.3 Å². The van der Waals surface area contributed by atoms with Gasteiger partial charge in [-0.25, -0.2) is 0 Å². The number of hydrogen-bond donors (Lipinski definition) is 1. The summed E-state index contributed by atoms with van der Waals surface area (Å²) in [7, 11) is 0. The fourth-order valence-corrected chi connectivity index (χ4v) is 1.48. The highest BCUT2D eigenvalue weighted by molar-refractivity contribution is 4.72. The zero-order valence-corrected chi connectivity index (χ0v) is 9.72. The molecule has 1 saturated carbocycles. The first kappa shape index (κ1) is 12.0. The Morgan fingerprint density at radius 2 is 2.00 bits per heavy atom. The van der Waals surface area contributed by atoms with E-state index in [-0.39, 0.29) is 0 Å². The van der Waals surface area contributed by atoms with Gasteiger partial charge in [0.15, 0.2) is 0 Å². The highest BCUT2D eigenvalue weighted by Crippen LogP contribution is 2.32. The number of ether oxygens (including phenoxy) is 1. The van der Waals surface area contributed by atoms with Gasteiger partial charge in [-0.05, 0) is 31.7 Å². The minimum Gasteiger partial charge on any atom is -0.381 e. The van der Waals surface area contributed by atoms with Gasteiger partial charge < -0.3 is 10.1 Å². The monoisotopic (exact) mass is 199 g/mol. The van der Waals surface area contributed by atoms with Gasteiger partial charge in [-0.15, -0.1) is 0 Å². The third kappa shape index (κ3) is 7.34. The van der Waals surface area contributed by atoms with Gasteiger partial charge in [-0.1, -0.05) is 26.7 Å². The lowest BCUT2D eigenvalue weighted by Crippen LogP contribution is -2.23. The van der Waals surface area contributed by atoms with Crippen LogP contribution in [0, 0.1) is 5.92 Å². The second-order valence-corrected chi connectivity index (χ2v) is 4.66. The number of unbranched alkanes of at least 4 members (excludes halogenated alkanes) is 1. The SMILES string of the molecule is CC(C)NCCCCOCCC1CC1. The Morgan fingerprint density at radius 3 is 2.64 bits per heavy atom. The van der Waals surface area contributed by atoms with Gasteiger partial charge >= 0.3 is 0 Å². The van der Waals surface area contributed by atoms with Crippen molar-refractivity contribution in [3.8, 4) is 0 Å². The minimum absolute atomic E-state index is 0.616. The van der Waals surface area contributed by atoms with Gasteiger partial charge in [0, 0.05) is 19.3 Å². The lowest BCUT2D eigenvalue weighted by Gasteiger charge is -2.07. The van der Waals surface area contributed by atoms with E-state index in [4.69, 9.17) is 4.74 Å². The van der Waals surface area contributed by atoms with Crippen LogP contribution in [-0.2, 0) is 4.74 Å². The first-order chi connectivity index (χ1) is 6.79. The number of rotatable bonds is 9. The Labute approximate surface area is 88.4 Å². The molecule has 1 aliphatic rings. The van der Waals surface area contributed by atoms with Crippen molar-refractivity contribution in [2.75, 3.05) is 19.8 Å². The summed E-state index contributed by atoms with van der Waals surface area (Å²) >= 11 is 0. The lowest BCUT2D eigenvalue weighted by molar-refractivity contribution is 0.124. The molecule has 0 atom stereocenters. The molecule has 0 unspecified atom stereocenters. The van der Waals surface area contributed by atoms with Crippen molar-refractivity contribution < 1.29 is 4.74 Å². The van der Waals surface area contributed by atoms with Crippen LogP contribution in [0.15, 0.2) is 0 Å². The van der Waals surface area contributed by atoms with E-state index in [0.717, 1.165) is 25.7 Å². The first-order valence-corrected chi connectivity index (χ1v) is 6.10. The summed E-state index contributed by atoms with van der Waals surface area (Å²) in [5.74, 6) is 1.01. The predicted octanol–water partition coefficient (Wildman–Crippen LogP) is 2.58. The Balaban J connectivity index is 1.66. The molecule has 1 rings (SSSR count). The maximum absolute atomic E-state index is 5.56. The molecule has 0 aromatic rings. The fourth-order valence-electron chi connectivity index (χ4n) is 1.48. The summed E-state index contributed by atoms with van der Waals surface area (Å²) in [6, 6.07) is 0.616. The van der Waals surface area contributed by atoms with E-state index in [9.17, 15) is 0 Å². The normalized spacial score (nSPS) is 16.5. The van der Waals surface area contributed by atoms with E-state index in [1.807, 2.05) is 0 Å². The molecule has 0 saturated heterocycles. The average Bonchev–Trinajstić information content (AvgIpc) is 2.92. The highest BCUT2D eigenvalue weighted by atomic mass is 16.5. The molecule has 0 aromatic heterocycles. The Kier molecular flexibility index (Phi) is 6.20. The second kappa shape index (κ2) is 7.24. The molecule has 2 nitrogen and oxygen atoms in total. The van der Waals surface area contributed by atoms with Crippen molar-refractivity contribution in [3.05, 3.63) is 0 Å². The van der Waals surface area contributed by atoms with E-state index < -0.39 is 0 Å². The van der Waals surface area contributed by atoms with Crippen molar-refractivity contribution in [2.45, 2.75) is 52.0 Å². The van der Waals surface area contributed by atoms with E-state index in [1.165, 1.54) is 32.1 Å². The molecule has 1 aliphatic carbocycles. The number of nitrogens with one attached hydrogen (secondary N) is 1. The molecule has 0 amide bonds. The summed E-state index contributed by atoms with van der Waals surface area (Å²) < 4.78 is 5.56. The van der Waals surface area contributed by atoms with Gasteiger partial charge in [0.2, 0.25) is 0 Å². The van der Waals surface area contributed by atoms with Crippen molar-refractivity contribution in [1.29, 1.82) is 0 Å². The van der Waals surface area contributed by atoms with Crippen LogP contribution in [0.25, 0.3) is 0 Å². The molecule has 0 spiro atoms. The van der Waals surface area contributed by atoms with E-state index >= 15 is 0 Å². The van der Waals surface area contributed by atoms with E-state index in [0.29, 0.717) is 6.04 Å². The minimum atomic E-state index is 0.616. The van der Waals surface area contributed by atoms with Crippen molar-refractivity contribution >= 4 is 0 Å². The van der Waals surface area contributed by atoms with E-state index in [1.54, 1.807) is 0 Å². The maximum Gasteiger partial charge on any atom is 0.0468 e. The Hall–Kier alpha value is -0.0800. The summed E-state index contributed by atoms with van der Waals surface area (Å²) in [4.78, 5) is 0. The van der Waals surface area contributed by atoms with Crippen LogP contribution in [0.4, 0.5) is 0 Å². The van der Waals surface area contributed by atoms with Gasteiger partial charge in [0.1, 0.15) is 0 Å². The summed E-state index contributed by atoms with van der Waals surface area (Å²) in [6.45, 7) is 7.44. The molecule has 2 heteroatoms.